The summed E-state index contributed by atoms with van der Waals surface area (Å²) in [7, 11) is 0. The van der Waals surface area contributed by atoms with E-state index < -0.39 is 0 Å². The fourth-order valence-electron chi connectivity index (χ4n) is 1.60. The average molecular weight is 239 g/mol. The van der Waals surface area contributed by atoms with E-state index in [-0.39, 0.29) is 0 Å². The molecule has 0 aromatic carbocycles. The molecule has 1 aromatic heterocycles. The van der Waals surface area contributed by atoms with Crippen LogP contribution < -0.4 is 0 Å². The number of aromatic nitrogens is 3. The number of ether oxygens (including phenoxy) is 1. The molecule has 1 rings (SSSR count). The van der Waals surface area contributed by atoms with E-state index in [9.17, 15) is 4.79 Å². The molecule has 5 nitrogen and oxygen atoms in total. The zero-order valence-corrected chi connectivity index (χ0v) is 10.8. The molecular formula is C12H21N3O2. The van der Waals surface area contributed by atoms with Gasteiger partial charge in [-0.2, -0.15) is 0 Å². The van der Waals surface area contributed by atoms with Gasteiger partial charge in [0.1, 0.15) is 5.69 Å². The Morgan fingerprint density at radius 3 is 2.82 bits per heavy atom. The first-order valence-corrected chi connectivity index (χ1v) is 6.14. The Morgan fingerprint density at radius 1 is 1.47 bits per heavy atom. The lowest BCUT2D eigenvalue weighted by atomic mass is 10.1. The van der Waals surface area contributed by atoms with Gasteiger partial charge < -0.3 is 4.74 Å². The Bertz CT molecular complexity index is 348. The van der Waals surface area contributed by atoms with E-state index in [2.05, 4.69) is 24.2 Å². The number of hydrogen-bond acceptors (Lipinski definition) is 4. The van der Waals surface area contributed by atoms with Crippen molar-refractivity contribution in [2.75, 3.05) is 13.2 Å². The molecule has 0 bridgehead atoms. The Morgan fingerprint density at radius 2 is 2.24 bits per heavy atom. The fourth-order valence-corrected chi connectivity index (χ4v) is 1.60. The van der Waals surface area contributed by atoms with Gasteiger partial charge in [-0.1, -0.05) is 19.1 Å². The molecule has 96 valence electrons. The van der Waals surface area contributed by atoms with Crippen LogP contribution in [0.25, 0.3) is 0 Å². The van der Waals surface area contributed by atoms with Crippen LogP contribution in [0, 0.1) is 5.92 Å². The molecule has 0 saturated heterocycles. The van der Waals surface area contributed by atoms with E-state index in [0.717, 1.165) is 24.8 Å². The lowest BCUT2D eigenvalue weighted by molar-refractivity contribution is 0.111. The van der Waals surface area contributed by atoms with E-state index in [1.807, 2.05) is 6.92 Å². The van der Waals surface area contributed by atoms with Crippen LogP contribution in [0.5, 0.6) is 0 Å². The van der Waals surface area contributed by atoms with Gasteiger partial charge in [0.05, 0.1) is 18.8 Å². The summed E-state index contributed by atoms with van der Waals surface area (Å²) in [6.45, 7) is 8.23. The first kappa shape index (κ1) is 13.8. The fraction of sp³-hybridized carbons (Fsp3) is 0.750. The quantitative estimate of drug-likeness (QED) is 0.512. The van der Waals surface area contributed by atoms with Crippen LogP contribution in [0.2, 0.25) is 0 Å². The Kier molecular flexibility index (Phi) is 5.83. The van der Waals surface area contributed by atoms with E-state index in [1.54, 1.807) is 4.68 Å². The molecule has 1 heterocycles. The molecule has 0 unspecified atom stereocenters. The molecule has 1 aromatic rings. The maximum atomic E-state index is 10.9. The zero-order valence-electron chi connectivity index (χ0n) is 10.8. The normalized spacial score (nSPS) is 11.1. The molecule has 0 radical (unpaired) electrons. The predicted molar refractivity (Wildman–Crippen MR) is 65.1 cm³/mol. The minimum Gasteiger partial charge on any atom is -0.380 e. The topological polar surface area (TPSA) is 57.0 Å². The smallest absolute Gasteiger partial charge is 0.172 e. The van der Waals surface area contributed by atoms with Crippen molar-refractivity contribution in [1.29, 1.82) is 0 Å². The lowest BCUT2D eigenvalue weighted by Crippen LogP contribution is -2.12. The first-order valence-electron chi connectivity index (χ1n) is 6.14. The monoisotopic (exact) mass is 239 g/mol. The van der Waals surface area contributed by atoms with Gasteiger partial charge in [0, 0.05) is 6.61 Å². The Balaban J connectivity index is 2.67. The van der Waals surface area contributed by atoms with E-state index in [4.69, 9.17) is 4.74 Å². The van der Waals surface area contributed by atoms with Crippen molar-refractivity contribution >= 4 is 6.29 Å². The average Bonchev–Trinajstić information content (AvgIpc) is 2.69. The van der Waals surface area contributed by atoms with Crippen LogP contribution in [-0.4, -0.2) is 34.5 Å². The van der Waals surface area contributed by atoms with Gasteiger partial charge in [-0.25, -0.2) is 4.68 Å². The van der Waals surface area contributed by atoms with Crippen molar-refractivity contribution in [2.24, 2.45) is 5.92 Å². The highest BCUT2D eigenvalue weighted by molar-refractivity contribution is 5.73. The summed E-state index contributed by atoms with van der Waals surface area (Å²) in [6.07, 6.45) is 2.65. The van der Waals surface area contributed by atoms with Crippen LogP contribution >= 0.6 is 0 Å². The third kappa shape index (κ3) is 4.26. The summed E-state index contributed by atoms with van der Waals surface area (Å²) in [5.41, 5.74) is 1.38. The number of carbonyl (C=O) groups is 1. The minimum absolute atomic E-state index is 0.460. The Labute approximate surface area is 102 Å². The van der Waals surface area contributed by atoms with Crippen LogP contribution in [0.15, 0.2) is 0 Å². The first-order chi connectivity index (χ1) is 8.19. The van der Waals surface area contributed by atoms with Gasteiger partial charge in [0.2, 0.25) is 0 Å². The molecule has 0 fully saturated rings. The molecule has 0 aliphatic heterocycles. The van der Waals surface area contributed by atoms with Gasteiger partial charge in [0.15, 0.2) is 6.29 Å². The highest BCUT2D eigenvalue weighted by atomic mass is 16.5. The third-order valence-corrected chi connectivity index (χ3v) is 2.59. The number of aldehydes is 1. The van der Waals surface area contributed by atoms with Crippen molar-refractivity contribution in [3.8, 4) is 0 Å². The van der Waals surface area contributed by atoms with Crippen molar-refractivity contribution in [2.45, 2.75) is 40.2 Å². The molecule has 0 aliphatic rings. The summed E-state index contributed by atoms with van der Waals surface area (Å²) in [4.78, 5) is 10.9. The van der Waals surface area contributed by atoms with Crippen molar-refractivity contribution < 1.29 is 9.53 Å². The molecule has 5 heteroatoms. The summed E-state index contributed by atoms with van der Waals surface area (Å²) in [6, 6.07) is 0. The molecule has 0 atom stereocenters. The molecular weight excluding hydrogens is 218 g/mol. The summed E-state index contributed by atoms with van der Waals surface area (Å²) >= 11 is 0. The van der Waals surface area contributed by atoms with Crippen molar-refractivity contribution in [3.63, 3.8) is 0 Å². The molecule has 0 N–H and O–H groups in total. The maximum Gasteiger partial charge on any atom is 0.172 e. The second kappa shape index (κ2) is 7.17. The zero-order chi connectivity index (χ0) is 12.7. The lowest BCUT2D eigenvalue weighted by Gasteiger charge is -2.08. The number of carbonyl (C=O) groups excluding carboxylic acids is 1. The molecule has 0 aliphatic carbocycles. The third-order valence-electron chi connectivity index (χ3n) is 2.59. The standard InChI is InChI=1S/C12H21N3O2/c1-4-17-8-7-15-12(6-5-10(2)3)11(9-16)13-14-15/h9-10H,4-8H2,1-3H3. The molecule has 0 amide bonds. The van der Waals surface area contributed by atoms with Gasteiger partial charge in [-0.3, -0.25) is 4.79 Å². The second-order valence-corrected chi connectivity index (χ2v) is 4.39. The van der Waals surface area contributed by atoms with Crippen molar-refractivity contribution in [1.82, 2.24) is 15.0 Å². The predicted octanol–water partition coefficient (Wildman–Crippen LogP) is 1.72. The summed E-state index contributed by atoms with van der Waals surface area (Å²) in [5.74, 6) is 0.602. The Hall–Kier alpha value is -1.23. The van der Waals surface area contributed by atoms with E-state index >= 15 is 0 Å². The second-order valence-electron chi connectivity index (χ2n) is 4.39. The SMILES string of the molecule is CCOCCn1nnc(C=O)c1CCC(C)C. The van der Waals surface area contributed by atoms with E-state index in [1.165, 1.54) is 0 Å². The molecule has 0 saturated carbocycles. The van der Waals surface area contributed by atoms with Gasteiger partial charge in [0.25, 0.3) is 0 Å². The van der Waals surface area contributed by atoms with E-state index in [0.29, 0.717) is 31.4 Å². The summed E-state index contributed by atoms with van der Waals surface area (Å²) < 4.78 is 7.06. The van der Waals surface area contributed by atoms with Gasteiger partial charge >= 0.3 is 0 Å². The largest absolute Gasteiger partial charge is 0.380 e. The molecule has 17 heavy (non-hydrogen) atoms. The molecule has 0 spiro atoms. The van der Waals surface area contributed by atoms with Gasteiger partial charge in [-0.15, -0.1) is 5.10 Å². The highest BCUT2D eigenvalue weighted by Crippen LogP contribution is 2.11. The van der Waals surface area contributed by atoms with Crippen LogP contribution in [0.1, 0.15) is 43.4 Å². The van der Waals surface area contributed by atoms with Crippen molar-refractivity contribution in [3.05, 3.63) is 11.4 Å². The highest BCUT2D eigenvalue weighted by Gasteiger charge is 2.12. The van der Waals surface area contributed by atoms with Crippen LogP contribution in [-0.2, 0) is 17.7 Å². The number of hydrogen-bond donors (Lipinski definition) is 0. The summed E-state index contributed by atoms with van der Waals surface area (Å²) in [5, 5.41) is 7.87. The maximum absolute atomic E-state index is 10.9. The van der Waals surface area contributed by atoms with Crippen LogP contribution in [0.3, 0.4) is 0 Å². The van der Waals surface area contributed by atoms with Gasteiger partial charge in [-0.05, 0) is 25.7 Å². The minimum atomic E-state index is 0.460. The number of rotatable bonds is 8. The number of nitrogens with zero attached hydrogens (tertiary/aromatic N) is 3. The van der Waals surface area contributed by atoms with Crippen LogP contribution in [0.4, 0.5) is 0 Å².